The van der Waals surface area contributed by atoms with Crippen LogP contribution in [0.4, 0.5) is 17.3 Å². The highest BCUT2D eigenvalue weighted by molar-refractivity contribution is 7.92. The number of hydrogen-bond donors (Lipinski definition) is 3. The molecule has 1 aromatic heterocycles. The lowest BCUT2D eigenvalue weighted by Gasteiger charge is -2.10. The lowest BCUT2D eigenvalue weighted by Crippen LogP contribution is -2.19. The van der Waals surface area contributed by atoms with Crippen molar-refractivity contribution in [2.24, 2.45) is 5.84 Å². The van der Waals surface area contributed by atoms with E-state index in [0.29, 0.717) is 0 Å². The van der Waals surface area contributed by atoms with Gasteiger partial charge in [0.15, 0.2) is 0 Å². The summed E-state index contributed by atoms with van der Waals surface area (Å²) < 4.78 is 26.5. The van der Waals surface area contributed by atoms with E-state index < -0.39 is 25.5 Å². The van der Waals surface area contributed by atoms with Crippen molar-refractivity contribution in [3.05, 3.63) is 40.7 Å². The Morgan fingerprint density at radius 2 is 2.05 bits per heavy atom. The maximum absolute atomic E-state index is 12.2. The first-order valence-electron chi connectivity index (χ1n) is 5.35. The zero-order chi connectivity index (χ0) is 15.5. The van der Waals surface area contributed by atoms with E-state index in [1.807, 2.05) is 4.72 Å². The number of nitro benzene ring substituents is 1. The summed E-state index contributed by atoms with van der Waals surface area (Å²) in [7, 11) is -4.17. The maximum Gasteiger partial charge on any atom is 0.270 e. The first kappa shape index (κ1) is 14.5. The lowest BCUT2D eigenvalue weighted by atomic mass is 10.3. The largest absolute Gasteiger partial charge is 0.323 e. The fraction of sp³-hybridized carbons (Fsp3) is 0. The minimum Gasteiger partial charge on any atom is -0.323 e. The van der Waals surface area contributed by atoms with Crippen molar-refractivity contribution < 1.29 is 13.3 Å². The summed E-state index contributed by atoms with van der Waals surface area (Å²) in [6.07, 6.45) is 2.50. The molecule has 0 aliphatic rings. The lowest BCUT2D eigenvalue weighted by molar-refractivity contribution is -0.385. The Morgan fingerprint density at radius 1 is 1.29 bits per heavy atom. The summed E-state index contributed by atoms with van der Waals surface area (Å²) in [6.45, 7) is 0. The second-order valence-corrected chi connectivity index (χ2v) is 5.30. The molecule has 11 nitrogen and oxygen atoms in total. The zero-order valence-electron chi connectivity index (χ0n) is 10.3. The highest BCUT2D eigenvalue weighted by Gasteiger charge is 2.23. The van der Waals surface area contributed by atoms with Gasteiger partial charge in [0.2, 0.25) is 0 Å². The van der Waals surface area contributed by atoms with Crippen molar-refractivity contribution in [3.63, 3.8) is 0 Å². The molecule has 2 rings (SSSR count). The van der Waals surface area contributed by atoms with Crippen LogP contribution in [0.3, 0.4) is 0 Å². The van der Waals surface area contributed by atoms with E-state index in [0.717, 1.165) is 12.1 Å². The average molecular weight is 311 g/mol. The molecule has 110 valence electrons. The number of sulfonamides is 1. The van der Waals surface area contributed by atoms with Crippen molar-refractivity contribution in [1.82, 2.24) is 15.2 Å². The third-order valence-electron chi connectivity index (χ3n) is 2.33. The molecule has 0 spiro atoms. The number of hydrazine groups is 1. The number of aromatic nitrogens is 3. The van der Waals surface area contributed by atoms with Crippen LogP contribution in [0.15, 0.2) is 35.5 Å². The normalized spacial score (nSPS) is 10.9. The summed E-state index contributed by atoms with van der Waals surface area (Å²) in [4.78, 5) is 13.3. The van der Waals surface area contributed by atoms with Crippen molar-refractivity contribution >= 4 is 27.3 Å². The Bertz CT molecular complexity index is 765. The molecule has 0 saturated heterocycles. The first-order valence-corrected chi connectivity index (χ1v) is 6.84. The van der Waals surface area contributed by atoms with Crippen LogP contribution < -0.4 is 16.0 Å². The number of non-ortho nitro benzene ring substituents is 1. The molecule has 0 amide bonds. The van der Waals surface area contributed by atoms with Crippen LogP contribution in [0, 0.1) is 10.1 Å². The van der Waals surface area contributed by atoms with Gasteiger partial charge in [-0.05, 0) is 6.07 Å². The number of nitro groups is 1. The van der Waals surface area contributed by atoms with Crippen LogP contribution in [0.5, 0.6) is 0 Å². The van der Waals surface area contributed by atoms with Gasteiger partial charge in [-0.1, -0.05) is 0 Å². The van der Waals surface area contributed by atoms with Crippen molar-refractivity contribution in [2.75, 3.05) is 10.1 Å². The van der Waals surface area contributed by atoms with E-state index >= 15 is 0 Å². The first-order chi connectivity index (χ1) is 9.94. The molecule has 4 N–H and O–H groups in total. The predicted molar refractivity (Wildman–Crippen MR) is 71.5 cm³/mol. The van der Waals surface area contributed by atoms with Crippen LogP contribution in [0.25, 0.3) is 0 Å². The average Bonchev–Trinajstić information content (AvgIpc) is 2.47. The molecule has 0 aliphatic carbocycles. The highest BCUT2D eigenvalue weighted by atomic mass is 32.2. The molecule has 0 radical (unpaired) electrons. The molecule has 0 fully saturated rings. The Morgan fingerprint density at radius 3 is 2.62 bits per heavy atom. The highest BCUT2D eigenvalue weighted by Crippen LogP contribution is 2.26. The van der Waals surface area contributed by atoms with Crippen molar-refractivity contribution in [3.8, 4) is 0 Å². The van der Waals surface area contributed by atoms with Gasteiger partial charge in [0.05, 0.1) is 23.0 Å². The number of anilines is 2. The number of benzene rings is 1. The molecule has 0 atom stereocenters. The summed E-state index contributed by atoms with van der Waals surface area (Å²) in [6, 6.07) is 3.17. The minimum atomic E-state index is -4.17. The number of nitrogens with zero attached hydrogens (tertiary/aromatic N) is 4. The van der Waals surface area contributed by atoms with E-state index in [9.17, 15) is 18.5 Å². The molecule has 2 aromatic rings. The molecular formula is C9H9N7O4S. The molecule has 0 unspecified atom stereocenters. The van der Waals surface area contributed by atoms with Gasteiger partial charge in [-0.2, -0.15) is 5.10 Å². The number of nitrogens with one attached hydrogen (secondary N) is 2. The Kier molecular flexibility index (Phi) is 3.91. The number of rotatable bonds is 5. The van der Waals surface area contributed by atoms with E-state index in [2.05, 4.69) is 20.6 Å². The standard InChI is InChI=1S/C9H9N7O4S/c10-13-7-2-1-6(16(17)18)5-8(7)21(19,20)15-9-11-3-4-12-14-9/h1-5,13H,10H2,(H,11,14,15). The Balaban J connectivity index is 2.48. The van der Waals surface area contributed by atoms with Crippen molar-refractivity contribution in [2.45, 2.75) is 4.90 Å². The van der Waals surface area contributed by atoms with E-state index in [-0.39, 0.29) is 11.6 Å². The molecule has 21 heavy (non-hydrogen) atoms. The summed E-state index contributed by atoms with van der Waals surface area (Å²) in [5, 5.41) is 17.7. The number of nitrogens with two attached hydrogens (primary N) is 1. The van der Waals surface area contributed by atoms with Gasteiger partial charge < -0.3 is 5.43 Å². The number of nitrogen functional groups attached to an aromatic ring is 1. The minimum absolute atomic E-state index is 0.0167. The fourth-order valence-electron chi connectivity index (χ4n) is 1.44. The van der Waals surface area contributed by atoms with Gasteiger partial charge >= 0.3 is 0 Å². The SMILES string of the molecule is NNc1ccc([N+](=O)[O-])cc1S(=O)(=O)Nc1nccnn1. The third kappa shape index (κ3) is 3.18. The third-order valence-corrected chi connectivity index (χ3v) is 3.70. The topological polar surface area (TPSA) is 166 Å². The second kappa shape index (κ2) is 5.64. The molecule has 12 heteroatoms. The molecule has 0 bridgehead atoms. The van der Waals surface area contributed by atoms with Gasteiger partial charge in [-0.25, -0.2) is 18.1 Å². The van der Waals surface area contributed by atoms with Crippen molar-refractivity contribution in [1.29, 1.82) is 0 Å². The summed E-state index contributed by atoms with van der Waals surface area (Å²) >= 11 is 0. The van der Waals surface area contributed by atoms with Crippen LogP contribution >= 0.6 is 0 Å². The van der Waals surface area contributed by atoms with Crippen LogP contribution in [0.2, 0.25) is 0 Å². The maximum atomic E-state index is 12.2. The predicted octanol–water partition coefficient (Wildman–Crippen LogP) is -0.134. The number of hydrogen-bond acceptors (Lipinski definition) is 9. The smallest absolute Gasteiger partial charge is 0.270 e. The molecular weight excluding hydrogens is 302 g/mol. The van der Waals surface area contributed by atoms with Gasteiger partial charge in [-0.15, -0.1) is 5.10 Å². The van der Waals surface area contributed by atoms with E-state index in [4.69, 9.17) is 5.84 Å². The van der Waals surface area contributed by atoms with Crippen LogP contribution in [-0.2, 0) is 10.0 Å². The zero-order valence-corrected chi connectivity index (χ0v) is 11.1. The summed E-state index contributed by atoms with van der Waals surface area (Å²) in [5.74, 6) is 4.94. The van der Waals surface area contributed by atoms with Gasteiger partial charge in [-0.3, -0.25) is 16.0 Å². The molecule has 0 saturated carbocycles. The Hall–Kier alpha value is -2.86. The monoisotopic (exact) mass is 311 g/mol. The summed E-state index contributed by atoms with van der Waals surface area (Å²) in [5.41, 5.74) is 1.74. The molecule has 1 heterocycles. The molecule has 1 aromatic carbocycles. The fourth-order valence-corrected chi connectivity index (χ4v) is 2.57. The second-order valence-electron chi connectivity index (χ2n) is 3.65. The Labute approximate surface area is 118 Å². The molecule has 0 aliphatic heterocycles. The quantitative estimate of drug-likeness (QED) is 0.387. The van der Waals surface area contributed by atoms with E-state index in [1.165, 1.54) is 18.5 Å². The van der Waals surface area contributed by atoms with Gasteiger partial charge in [0.1, 0.15) is 4.90 Å². The van der Waals surface area contributed by atoms with E-state index in [1.54, 1.807) is 0 Å². The van der Waals surface area contributed by atoms with Gasteiger partial charge in [0.25, 0.3) is 21.7 Å². The van der Waals surface area contributed by atoms with Crippen LogP contribution in [0.1, 0.15) is 0 Å². The van der Waals surface area contributed by atoms with Gasteiger partial charge in [0, 0.05) is 12.1 Å². The van der Waals surface area contributed by atoms with Crippen LogP contribution in [-0.4, -0.2) is 28.5 Å².